The summed E-state index contributed by atoms with van der Waals surface area (Å²) >= 11 is 3.57. The minimum atomic E-state index is -2.92. The second-order valence-corrected chi connectivity index (χ2v) is 23.3. The summed E-state index contributed by atoms with van der Waals surface area (Å²) in [6, 6.07) is 11.9. The van der Waals surface area contributed by atoms with Crippen molar-refractivity contribution in [1.29, 1.82) is 0 Å². The number of halogens is 4. The fourth-order valence-electron chi connectivity index (χ4n) is 10.8. The Morgan fingerprint density at radius 2 is 1.62 bits per heavy atom. The maximum atomic E-state index is 15.3. The standard InChI is InChI=1S/C50H58BrF3N9O4P/c1-6-31-21-41(58-49-55-26-35(51)47(60-49)57-40-9-8-39-34(46(40)68(4,5)66)24-36(52)29(2)56-39)43(67-3)25-42(31)62-19-14-50(15-20-62)12-17-61(18-13-50)27-30-11-16-63(28-30)32-22-37(53)45(38(54)23-32)33-7-10-44(64)59-48(33)65/h8-9,21-26,30,33H,6-7,10-20,27-28H2,1-5H3,(H,59,64,65)(H2,55,57,58,60)/t30-,33-/m1/s1. The van der Waals surface area contributed by atoms with Gasteiger partial charge in [0.25, 0.3) is 0 Å². The maximum absolute atomic E-state index is 15.3. The summed E-state index contributed by atoms with van der Waals surface area (Å²) in [4.78, 5) is 44.8. The summed E-state index contributed by atoms with van der Waals surface area (Å²) in [7, 11) is -1.27. The highest BCUT2D eigenvalue weighted by atomic mass is 79.9. The lowest BCUT2D eigenvalue weighted by Crippen LogP contribution is -2.48. The fraction of sp³-hybridized carbons (Fsp3) is 0.460. The summed E-state index contributed by atoms with van der Waals surface area (Å²) in [5.41, 5.74) is 4.97. The van der Waals surface area contributed by atoms with Gasteiger partial charge in [0.2, 0.25) is 17.8 Å². The van der Waals surface area contributed by atoms with Crippen LogP contribution in [0.15, 0.2) is 53.1 Å². The van der Waals surface area contributed by atoms with Gasteiger partial charge in [-0.1, -0.05) is 6.92 Å². The van der Waals surface area contributed by atoms with Crippen LogP contribution in [0.4, 0.5) is 47.7 Å². The molecule has 18 heteroatoms. The van der Waals surface area contributed by atoms with Crippen LogP contribution in [0, 0.1) is 35.7 Å². The minimum Gasteiger partial charge on any atom is -0.494 e. The van der Waals surface area contributed by atoms with Crippen LogP contribution >= 0.6 is 23.1 Å². The number of rotatable bonds is 12. The lowest BCUT2D eigenvalue weighted by Gasteiger charge is -2.48. The molecule has 5 aromatic rings. The number of ether oxygens (including phenoxy) is 1. The predicted molar refractivity (Wildman–Crippen MR) is 266 cm³/mol. The Bertz CT molecular complexity index is 2810. The third kappa shape index (κ3) is 9.80. The molecule has 0 radical (unpaired) electrons. The van der Waals surface area contributed by atoms with Crippen molar-refractivity contribution in [3.63, 3.8) is 0 Å². The first-order valence-electron chi connectivity index (χ1n) is 23.5. The normalized spacial score (nSPS) is 20.0. The van der Waals surface area contributed by atoms with Crippen LogP contribution in [-0.2, 0) is 20.6 Å². The summed E-state index contributed by atoms with van der Waals surface area (Å²) in [5, 5.41) is 9.89. The summed E-state index contributed by atoms with van der Waals surface area (Å²) in [6.45, 7) is 13.4. The molecule has 4 aliphatic heterocycles. The molecular weight excluding hydrogens is 958 g/mol. The van der Waals surface area contributed by atoms with E-state index in [1.807, 2.05) is 4.90 Å². The van der Waals surface area contributed by atoms with Gasteiger partial charge in [-0.25, -0.2) is 18.2 Å². The number of hydrogen-bond acceptors (Lipinski definition) is 12. The molecule has 2 atom stereocenters. The maximum Gasteiger partial charge on any atom is 0.234 e. The molecule has 4 aliphatic rings. The monoisotopic (exact) mass is 1020 g/mol. The quantitative estimate of drug-likeness (QED) is 0.0809. The lowest BCUT2D eigenvalue weighted by molar-refractivity contribution is -0.134. The van der Waals surface area contributed by atoms with Crippen molar-refractivity contribution in [2.24, 2.45) is 11.3 Å². The zero-order valence-corrected chi connectivity index (χ0v) is 41.6. The number of aromatic nitrogens is 3. The number of carbonyl (C=O) groups is 2. The third-order valence-corrected chi connectivity index (χ3v) is 16.7. The minimum absolute atomic E-state index is 0.0603. The Labute approximate surface area is 403 Å². The Hall–Kier alpha value is -5.25. The van der Waals surface area contributed by atoms with Crippen LogP contribution in [0.3, 0.4) is 0 Å². The van der Waals surface area contributed by atoms with Gasteiger partial charge in [-0.2, -0.15) is 4.98 Å². The number of carbonyl (C=O) groups excluding carboxylic acids is 2. The van der Waals surface area contributed by atoms with Gasteiger partial charge in [0.05, 0.1) is 40.1 Å². The van der Waals surface area contributed by atoms with Crippen LogP contribution in [0.5, 0.6) is 5.75 Å². The van der Waals surface area contributed by atoms with Crippen molar-refractivity contribution >= 4 is 85.6 Å². The van der Waals surface area contributed by atoms with E-state index in [4.69, 9.17) is 9.72 Å². The molecule has 0 bridgehead atoms. The summed E-state index contributed by atoms with van der Waals surface area (Å²) in [6.07, 6.45) is 8.04. The van der Waals surface area contributed by atoms with E-state index in [1.165, 1.54) is 23.8 Å². The molecule has 0 saturated carbocycles. The van der Waals surface area contributed by atoms with E-state index in [1.54, 1.807) is 45.7 Å². The number of nitrogens with zero attached hydrogens (tertiary/aromatic N) is 6. The van der Waals surface area contributed by atoms with Crippen molar-refractivity contribution in [3.05, 3.63) is 87.4 Å². The molecule has 13 nitrogen and oxygen atoms in total. The second kappa shape index (κ2) is 19.3. The number of pyridine rings is 1. The van der Waals surface area contributed by atoms with Crippen LogP contribution in [0.1, 0.15) is 74.6 Å². The number of fused-ring (bicyclic) bond motifs is 1. The van der Waals surface area contributed by atoms with E-state index < -0.39 is 42.3 Å². The van der Waals surface area contributed by atoms with Crippen molar-refractivity contribution < 1.29 is 32.1 Å². The fourth-order valence-corrected chi connectivity index (χ4v) is 12.5. The number of imide groups is 1. The van der Waals surface area contributed by atoms with Gasteiger partial charge in [-0.3, -0.25) is 19.9 Å². The second-order valence-electron chi connectivity index (χ2n) is 19.3. The Morgan fingerprint density at radius 3 is 2.29 bits per heavy atom. The smallest absolute Gasteiger partial charge is 0.234 e. The molecule has 0 aliphatic carbocycles. The van der Waals surface area contributed by atoms with E-state index in [0.717, 1.165) is 89.2 Å². The van der Waals surface area contributed by atoms with Crippen LogP contribution < -0.4 is 35.8 Å². The topological polar surface area (TPSA) is 145 Å². The molecule has 6 heterocycles. The van der Waals surface area contributed by atoms with Gasteiger partial charge in [-0.05, 0) is 148 Å². The summed E-state index contributed by atoms with van der Waals surface area (Å²) < 4.78 is 65.6. The highest BCUT2D eigenvalue weighted by molar-refractivity contribution is 9.10. The van der Waals surface area contributed by atoms with Gasteiger partial charge >= 0.3 is 0 Å². The average Bonchev–Trinajstić information content (AvgIpc) is 3.77. The average molecular weight is 1020 g/mol. The van der Waals surface area contributed by atoms with Crippen LogP contribution in [-0.4, -0.2) is 97.9 Å². The zero-order valence-electron chi connectivity index (χ0n) is 39.2. The highest BCUT2D eigenvalue weighted by Gasteiger charge is 2.39. The molecule has 2 amide bonds. The van der Waals surface area contributed by atoms with E-state index in [0.29, 0.717) is 67.4 Å². The number of anilines is 6. The van der Waals surface area contributed by atoms with Crippen molar-refractivity contribution in [2.45, 2.75) is 71.1 Å². The first kappa shape index (κ1) is 47.8. The van der Waals surface area contributed by atoms with Gasteiger partial charge in [0, 0.05) is 79.0 Å². The molecule has 4 fully saturated rings. The number of benzene rings is 3. The summed E-state index contributed by atoms with van der Waals surface area (Å²) in [5.74, 6) is -2.20. The number of methoxy groups -OCH3 is 1. The van der Waals surface area contributed by atoms with Gasteiger partial charge < -0.3 is 34.6 Å². The molecule has 68 heavy (non-hydrogen) atoms. The molecule has 9 rings (SSSR count). The van der Waals surface area contributed by atoms with E-state index in [-0.39, 0.29) is 24.1 Å². The predicted octanol–water partition coefficient (Wildman–Crippen LogP) is 9.55. The number of piperidine rings is 3. The molecule has 1 spiro atoms. The van der Waals surface area contributed by atoms with E-state index in [9.17, 15) is 18.5 Å². The third-order valence-electron chi connectivity index (χ3n) is 14.6. The molecule has 3 aromatic carbocycles. The highest BCUT2D eigenvalue weighted by Crippen LogP contribution is 2.46. The number of nitrogens with one attached hydrogen (secondary N) is 3. The van der Waals surface area contributed by atoms with Crippen molar-refractivity contribution in [2.75, 3.05) is 86.7 Å². The molecule has 360 valence electrons. The Balaban J connectivity index is 0.811. The lowest BCUT2D eigenvalue weighted by atomic mass is 9.71. The Morgan fingerprint density at radius 1 is 0.897 bits per heavy atom. The Kier molecular flexibility index (Phi) is 13.5. The molecular formula is C50H58BrF3N9O4P. The first-order chi connectivity index (χ1) is 32.5. The molecule has 2 aromatic heterocycles. The number of likely N-dealkylation sites (tertiary alicyclic amines) is 1. The molecule has 0 unspecified atom stereocenters. The van der Waals surface area contributed by atoms with E-state index >= 15 is 8.78 Å². The van der Waals surface area contributed by atoms with E-state index in [2.05, 4.69) is 70.7 Å². The van der Waals surface area contributed by atoms with Crippen molar-refractivity contribution in [3.8, 4) is 5.75 Å². The number of aryl methyl sites for hydroxylation is 2. The largest absolute Gasteiger partial charge is 0.494 e. The van der Waals surface area contributed by atoms with Crippen LogP contribution in [0.25, 0.3) is 10.9 Å². The van der Waals surface area contributed by atoms with Crippen LogP contribution in [0.2, 0.25) is 0 Å². The number of amides is 2. The molecule has 4 saturated heterocycles. The van der Waals surface area contributed by atoms with Gasteiger partial charge in [0.1, 0.15) is 36.2 Å². The van der Waals surface area contributed by atoms with Gasteiger partial charge in [0.15, 0.2) is 0 Å². The zero-order chi connectivity index (χ0) is 48.1. The van der Waals surface area contributed by atoms with Gasteiger partial charge in [-0.15, -0.1) is 0 Å². The van der Waals surface area contributed by atoms with Crippen molar-refractivity contribution in [1.82, 2.24) is 25.2 Å². The number of hydrogen-bond donors (Lipinski definition) is 3. The molecule has 3 N–H and O–H groups in total. The SMILES string of the molecule is CCc1cc(Nc2ncc(Br)c(Nc3ccc4nc(C)c(F)cc4c3P(C)(C)=O)n2)c(OC)cc1N1CCC2(CCN(C[C@H]3CCN(c4cc(F)c([C@H]5CCC(=O)NC5=O)c(F)c4)C3)CC2)CC1. The first-order valence-corrected chi connectivity index (χ1v) is 26.9.